The molecule has 0 aliphatic rings. The van der Waals surface area contributed by atoms with E-state index in [4.69, 9.17) is 9.47 Å². The zero-order valence-corrected chi connectivity index (χ0v) is 11.8. The summed E-state index contributed by atoms with van der Waals surface area (Å²) in [5.74, 6) is 0.312. The number of carbonyl (C=O) groups excluding carboxylic acids is 1. The number of esters is 1. The first-order chi connectivity index (χ1) is 7.45. The molecule has 0 aliphatic carbocycles. The minimum atomic E-state index is -0.956. The molecule has 0 saturated heterocycles. The highest BCUT2D eigenvalue weighted by atomic mass is 127. The number of benzene rings is 1. The summed E-state index contributed by atoms with van der Waals surface area (Å²) >= 11 is 2.21. The molecule has 1 aromatic rings. The van der Waals surface area contributed by atoms with E-state index in [2.05, 4.69) is 22.6 Å². The van der Waals surface area contributed by atoms with Gasteiger partial charge in [-0.1, -0.05) is 0 Å². The maximum Gasteiger partial charge on any atom is 0.349 e. The highest BCUT2D eigenvalue weighted by Gasteiger charge is 2.31. The third kappa shape index (κ3) is 3.66. The van der Waals surface area contributed by atoms with Crippen LogP contribution in [-0.2, 0) is 9.53 Å². The minimum absolute atomic E-state index is 0.353. The van der Waals surface area contributed by atoms with Gasteiger partial charge in [0.25, 0.3) is 0 Å². The van der Waals surface area contributed by atoms with Gasteiger partial charge in [0.2, 0.25) is 0 Å². The van der Waals surface area contributed by atoms with Gasteiger partial charge in [0.1, 0.15) is 5.75 Å². The molecule has 0 heterocycles. The Labute approximate surface area is 109 Å². The monoisotopic (exact) mass is 334 g/mol. The molecule has 0 fully saturated rings. The van der Waals surface area contributed by atoms with Gasteiger partial charge >= 0.3 is 5.97 Å². The minimum Gasteiger partial charge on any atom is -0.476 e. The van der Waals surface area contributed by atoms with Crippen LogP contribution in [0.15, 0.2) is 24.3 Å². The van der Waals surface area contributed by atoms with Gasteiger partial charge in [0, 0.05) is 3.57 Å². The van der Waals surface area contributed by atoms with Gasteiger partial charge < -0.3 is 9.47 Å². The van der Waals surface area contributed by atoms with Crippen molar-refractivity contribution in [3.63, 3.8) is 0 Å². The predicted octanol–water partition coefficient (Wildman–Crippen LogP) is 3.01. The van der Waals surface area contributed by atoms with Crippen molar-refractivity contribution in [2.24, 2.45) is 0 Å². The molecule has 0 spiro atoms. The van der Waals surface area contributed by atoms with E-state index < -0.39 is 5.60 Å². The lowest BCUT2D eigenvalue weighted by atomic mass is 10.1. The van der Waals surface area contributed by atoms with E-state index in [1.165, 1.54) is 0 Å². The van der Waals surface area contributed by atoms with E-state index in [0.717, 1.165) is 3.57 Å². The van der Waals surface area contributed by atoms with E-state index >= 15 is 0 Å². The first-order valence-electron chi connectivity index (χ1n) is 5.07. The molecule has 1 rings (SSSR count). The lowest BCUT2D eigenvalue weighted by molar-refractivity contribution is -0.158. The van der Waals surface area contributed by atoms with Crippen LogP contribution < -0.4 is 4.74 Å². The van der Waals surface area contributed by atoms with Gasteiger partial charge in [-0.05, 0) is 67.6 Å². The van der Waals surface area contributed by atoms with Crippen molar-refractivity contribution >= 4 is 28.6 Å². The summed E-state index contributed by atoms with van der Waals surface area (Å²) in [4.78, 5) is 11.6. The average Bonchev–Trinajstić information content (AvgIpc) is 2.21. The van der Waals surface area contributed by atoms with Gasteiger partial charge in [-0.15, -0.1) is 0 Å². The molecule has 0 bridgehead atoms. The van der Waals surface area contributed by atoms with Crippen LogP contribution in [0.3, 0.4) is 0 Å². The summed E-state index contributed by atoms with van der Waals surface area (Å²) in [5, 5.41) is 0. The van der Waals surface area contributed by atoms with Gasteiger partial charge in [-0.25, -0.2) is 4.79 Å². The van der Waals surface area contributed by atoms with E-state index in [1.807, 2.05) is 24.3 Å². The quantitative estimate of drug-likeness (QED) is 0.627. The van der Waals surface area contributed by atoms with Crippen molar-refractivity contribution in [2.45, 2.75) is 26.4 Å². The molecule has 3 nitrogen and oxygen atoms in total. The summed E-state index contributed by atoms with van der Waals surface area (Å²) in [6, 6.07) is 7.53. The molecule has 0 saturated carbocycles. The maximum absolute atomic E-state index is 11.6. The van der Waals surface area contributed by atoms with Gasteiger partial charge in [-0.3, -0.25) is 0 Å². The van der Waals surface area contributed by atoms with Crippen LogP contribution in [0.1, 0.15) is 20.8 Å². The van der Waals surface area contributed by atoms with Gasteiger partial charge in [0.05, 0.1) is 6.61 Å². The fourth-order valence-electron chi connectivity index (χ4n) is 1.14. The Morgan fingerprint density at radius 2 is 1.88 bits per heavy atom. The second-order valence-electron chi connectivity index (χ2n) is 3.79. The van der Waals surface area contributed by atoms with Gasteiger partial charge in [0.15, 0.2) is 5.60 Å². The third-order valence-electron chi connectivity index (χ3n) is 1.95. The Hall–Kier alpha value is -0.780. The highest BCUT2D eigenvalue weighted by molar-refractivity contribution is 14.1. The Morgan fingerprint density at radius 3 is 2.38 bits per heavy atom. The molecule has 0 N–H and O–H groups in total. The van der Waals surface area contributed by atoms with Gasteiger partial charge in [-0.2, -0.15) is 0 Å². The number of hydrogen-bond acceptors (Lipinski definition) is 3. The van der Waals surface area contributed by atoms with Crippen LogP contribution in [0.2, 0.25) is 0 Å². The zero-order valence-electron chi connectivity index (χ0n) is 9.62. The fraction of sp³-hybridized carbons (Fsp3) is 0.417. The molecule has 0 unspecified atom stereocenters. The van der Waals surface area contributed by atoms with Crippen LogP contribution in [0, 0.1) is 3.57 Å². The molecule has 0 aromatic heterocycles. The molecule has 0 radical (unpaired) electrons. The van der Waals surface area contributed by atoms with Crippen LogP contribution in [-0.4, -0.2) is 18.2 Å². The summed E-state index contributed by atoms with van der Waals surface area (Å²) < 4.78 is 11.7. The molecule has 0 amide bonds. The van der Waals surface area contributed by atoms with E-state index in [1.54, 1.807) is 20.8 Å². The molecule has 88 valence electrons. The van der Waals surface area contributed by atoms with Crippen molar-refractivity contribution in [2.75, 3.05) is 6.61 Å². The molecule has 0 atom stereocenters. The first-order valence-corrected chi connectivity index (χ1v) is 6.15. The highest BCUT2D eigenvalue weighted by Crippen LogP contribution is 2.20. The standard InChI is InChI=1S/C12H15IO3/c1-4-15-11(14)12(2,3)16-10-7-5-9(13)6-8-10/h5-8H,4H2,1-3H3. The van der Waals surface area contributed by atoms with Crippen LogP contribution >= 0.6 is 22.6 Å². The van der Waals surface area contributed by atoms with Crippen molar-refractivity contribution in [1.82, 2.24) is 0 Å². The summed E-state index contributed by atoms with van der Waals surface area (Å²) in [6.07, 6.45) is 0. The number of halogens is 1. The Kier molecular flexibility index (Phi) is 4.58. The topological polar surface area (TPSA) is 35.5 Å². The first kappa shape index (κ1) is 13.3. The lowest BCUT2D eigenvalue weighted by Crippen LogP contribution is -2.39. The van der Waals surface area contributed by atoms with Crippen molar-refractivity contribution in [3.8, 4) is 5.75 Å². The van der Waals surface area contributed by atoms with Crippen LogP contribution in [0.5, 0.6) is 5.75 Å². The van der Waals surface area contributed by atoms with Crippen molar-refractivity contribution < 1.29 is 14.3 Å². The fourth-order valence-corrected chi connectivity index (χ4v) is 1.50. The second kappa shape index (κ2) is 5.52. The zero-order chi connectivity index (χ0) is 12.2. The molecule has 4 heteroatoms. The molecular formula is C12H15IO3. The largest absolute Gasteiger partial charge is 0.476 e. The number of hydrogen-bond donors (Lipinski definition) is 0. The Morgan fingerprint density at radius 1 is 1.31 bits per heavy atom. The summed E-state index contributed by atoms with van der Waals surface area (Å²) in [5.41, 5.74) is -0.956. The predicted molar refractivity (Wildman–Crippen MR) is 70.5 cm³/mol. The Bertz CT molecular complexity index is 357. The van der Waals surface area contributed by atoms with E-state index in [0.29, 0.717) is 12.4 Å². The van der Waals surface area contributed by atoms with E-state index in [9.17, 15) is 4.79 Å². The maximum atomic E-state index is 11.6. The average molecular weight is 334 g/mol. The number of rotatable bonds is 4. The normalized spacial score (nSPS) is 11.0. The third-order valence-corrected chi connectivity index (χ3v) is 2.67. The van der Waals surface area contributed by atoms with Crippen molar-refractivity contribution in [3.05, 3.63) is 27.8 Å². The van der Waals surface area contributed by atoms with Crippen molar-refractivity contribution in [1.29, 1.82) is 0 Å². The van der Waals surface area contributed by atoms with Crippen LogP contribution in [0.25, 0.3) is 0 Å². The molecule has 0 aliphatic heterocycles. The number of ether oxygens (including phenoxy) is 2. The summed E-state index contributed by atoms with van der Waals surface area (Å²) in [6.45, 7) is 5.53. The smallest absolute Gasteiger partial charge is 0.349 e. The molecule has 1 aromatic carbocycles. The lowest BCUT2D eigenvalue weighted by Gasteiger charge is -2.24. The van der Waals surface area contributed by atoms with E-state index in [-0.39, 0.29) is 5.97 Å². The summed E-state index contributed by atoms with van der Waals surface area (Å²) in [7, 11) is 0. The molecule has 16 heavy (non-hydrogen) atoms. The number of carbonyl (C=O) groups is 1. The SMILES string of the molecule is CCOC(=O)C(C)(C)Oc1ccc(I)cc1. The van der Waals surface area contributed by atoms with Crippen LogP contribution in [0.4, 0.5) is 0 Å². The Balaban J connectivity index is 2.72. The molecular weight excluding hydrogens is 319 g/mol. The second-order valence-corrected chi connectivity index (χ2v) is 5.03.